The lowest BCUT2D eigenvalue weighted by Crippen LogP contribution is -2.09. The van der Waals surface area contributed by atoms with E-state index in [1.807, 2.05) is 50.0 Å². The molecule has 1 atom stereocenters. The van der Waals surface area contributed by atoms with Crippen molar-refractivity contribution in [3.63, 3.8) is 0 Å². The Labute approximate surface area is 198 Å². The summed E-state index contributed by atoms with van der Waals surface area (Å²) in [6, 6.07) is 11.9. The summed E-state index contributed by atoms with van der Waals surface area (Å²) in [6.45, 7) is 4.10. The van der Waals surface area contributed by atoms with Crippen molar-refractivity contribution in [2.24, 2.45) is 4.99 Å². The third-order valence-corrected chi connectivity index (χ3v) is 5.02. The van der Waals surface area contributed by atoms with Gasteiger partial charge in [-0.2, -0.15) is 11.8 Å². The second kappa shape index (κ2) is 10.3. The van der Waals surface area contributed by atoms with Crippen LogP contribution in [0.15, 0.2) is 70.9 Å². The lowest BCUT2D eigenvalue weighted by atomic mass is 10.0. The van der Waals surface area contributed by atoms with Crippen LogP contribution in [0.4, 0.5) is 0 Å². The number of hydrogen-bond acceptors (Lipinski definition) is 6. The SMILES string of the molecule is CCC#Cc1ccc2c(c1)C(c1ccccn1)=N[C@H](C)c1c(-c3cnco3)ncn1-2.CSC. The van der Waals surface area contributed by atoms with Crippen LogP contribution in [0.5, 0.6) is 0 Å². The molecule has 0 aliphatic carbocycles. The first kappa shape index (κ1) is 22.6. The smallest absolute Gasteiger partial charge is 0.181 e. The first-order valence-electron chi connectivity index (χ1n) is 10.7. The number of nitrogens with zero attached hydrogens (tertiary/aromatic N) is 5. The lowest BCUT2D eigenvalue weighted by molar-refractivity contribution is 0.568. The molecule has 0 bridgehead atoms. The van der Waals surface area contributed by atoms with E-state index in [1.54, 1.807) is 24.2 Å². The number of aliphatic imine (C=N–C) groups is 1. The summed E-state index contributed by atoms with van der Waals surface area (Å²) in [5.74, 6) is 7.00. The highest BCUT2D eigenvalue weighted by Crippen LogP contribution is 2.36. The van der Waals surface area contributed by atoms with E-state index in [0.29, 0.717) is 5.76 Å². The average Bonchev–Trinajstić information content (AvgIpc) is 3.50. The van der Waals surface area contributed by atoms with Gasteiger partial charge < -0.3 is 4.42 Å². The summed E-state index contributed by atoms with van der Waals surface area (Å²) in [6.07, 6.45) is 11.6. The summed E-state index contributed by atoms with van der Waals surface area (Å²) in [5, 5.41) is 0. The van der Waals surface area contributed by atoms with Crippen molar-refractivity contribution in [1.29, 1.82) is 0 Å². The fourth-order valence-electron chi connectivity index (χ4n) is 3.71. The molecule has 6 nitrogen and oxygen atoms in total. The van der Waals surface area contributed by atoms with Crippen LogP contribution in [-0.4, -0.2) is 37.7 Å². The summed E-state index contributed by atoms with van der Waals surface area (Å²) in [4.78, 5) is 18.3. The van der Waals surface area contributed by atoms with E-state index in [4.69, 9.17) is 9.41 Å². The number of hydrogen-bond donors (Lipinski definition) is 0. The van der Waals surface area contributed by atoms with Crippen LogP contribution in [-0.2, 0) is 0 Å². The van der Waals surface area contributed by atoms with Crippen molar-refractivity contribution >= 4 is 17.5 Å². The fourth-order valence-corrected chi connectivity index (χ4v) is 3.71. The van der Waals surface area contributed by atoms with Gasteiger partial charge in [0.2, 0.25) is 0 Å². The molecule has 0 saturated heterocycles. The Kier molecular flexibility index (Phi) is 7.06. The Morgan fingerprint density at radius 3 is 2.70 bits per heavy atom. The average molecular weight is 456 g/mol. The summed E-state index contributed by atoms with van der Waals surface area (Å²) < 4.78 is 7.61. The minimum atomic E-state index is -0.165. The first-order chi connectivity index (χ1) is 16.2. The fraction of sp³-hybridized carbons (Fsp3) is 0.231. The molecule has 0 N–H and O–H groups in total. The number of aromatic nitrogens is 4. The van der Waals surface area contributed by atoms with Crippen molar-refractivity contribution in [3.8, 4) is 29.0 Å². The van der Waals surface area contributed by atoms with Gasteiger partial charge in [0, 0.05) is 23.7 Å². The Morgan fingerprint density at radius 2 is 2.00 bits per heavy atom. The maximum Gasteiger partial charge on any atom is 0.181 e. The highest BCUT2D eigenvalue weighted by Gasteiger charge is 2.28. The van der Waals surface area contributed by atoms with Gasteiger partial charge in [0.05, 0.1) is 35.0 Å². The van der Waals surface area contributed by atoms with Gasteiger partial charge >= 0.3 is 0 Å². The van der Waals surface area contributed by atoms with E-state index < -0.39 is 0 Å². The van der Waals surface area contributed by atoms with E-state index in [1.165, 1.54) is 6.39 Å². The minimum absolute atomic E-state index is 0.165. The van der Waals surface area contributed by atoms with Crippen molar-refractivity contribution in [3.05, 3.63) is 84.0 Å². The zero-order valence-corrected chi connectivity index (χ0v) is 19.9. The molecule has 166 valence electrons. The number of thioether (sulfide) groups is 1. The molecule has 4 aromatic rings. The zero-order chi connectivity index (χ0) is 23.2. The van der Waals surface area contributed by atoms with Crippen LogP contribution in [0.25, 0.3) is 17.1 Å². The van der Waals surface area contributed by atoms with Gasteiger partial charge in [-0.05, 0) is 49.8 Å². The third kappa shape index (κ3) is 4.62. The van der Waals surface area contributed by atoms with Crippen LogP contribution in [0.3, 0.4) is 0 Å². The predicted octanol–water partition coefficient (Wildman–Crippen LogP) is 5.58. The monoisotopic (exact) mass is 455 g/mol. The highest BCUT2D eigenvalue weighted by atomic mass is 32.2. The molecule has 0 fully saturated rings. The molecule has 7 heteroatoms. The number of rotatable bonds is 2. The second-order valence-electron chi connectivity index (χ2n) is 7.38. The number of benzene rings is 1. The molecule has 0 spiro atoms. The molecular formula is C26H25N5OS. The van der Waals surface area contributed by atoms with Crippen LogP contribution in [0.2, 0.25) is 0 Å². The van der Waals surface area contributed by atoms with Crippen LogP contribution >= 0.6 is 11.8 Å². The Bertz CT molecular complexity index is 1310. The Morgan fingerprint density at radius 1 is 1.15 bits per heavy atom. The largest absolute Gasteiger partial charge is 0.442 e. The van der Waals surface area contributed by atoms with Crippen molar-refractivity contribution in [2.45, 2.75) is 26.3 Å². The van der Waals surface area contributed by atoms with Gasteiger partial charge in [0.25, 0.3) is 0 Å². The van der Waals surface area contributed by atoms with Gasteiger partial charge in [-0.15, -0.1) is 0 Å². The number of fused-ring (bicyclic) bond motifs is 3. The zero-order valence-electron chi connectivity index (χ0n) is 19.1. The Balaban J connectivity index is 0.000000821. The quantitative estimate of drug-likeness (QED) is 0.369. The van der Waals surface area contributed by atoms with E-state index in [0.717, 1.165) is 46.0 Å². The second-order valence-corrected chi connectivity index (χ2v) is 8.19. The normalized spacial score (nSPS) is 13.9. The minimum Gasteiger partial charge on any atom is -0.442 e. The third-order valence-electron chi connectivity index (χ3n) is 5.02. The van der Waals surface area contributed by atoms with Crippen LogP contribution < -0.4 is 0 Å². The van der Waals surface area contributed by atoms with E-state index >= 15 is 0 Å². The molecule has 33 heavy (non-hydrogen) atoms. The standard InChI is InChI=1S/C24H19N5O.C2H6S/c1-3-4-7-17-9-10-20-18(12-17)22(19-8-5-6-11-26-19)28-16(2)24-23(27-14-29(20)24)21-13-25-15-30-21;1-3-2/h5-6,8-16H,3H2,1-2H3;1-2H3/t16-;/m1./s1. The van der Waals surface area contributed by atoms with E-state index in [9.17, 15) is 0 Å². The van der Waals surface area contributed by atoms with Gasteiger partial charge in [-0.25, -0.2) is 9.97 Å². The van der Waals surface area contributed by atoms with Crippen molar-refractivity contribution < 1.29 is 4.42 Å². The summed E-state index contributed by atoms with van der Waals surface area (Å²) in [7, 11) is 0. The van der Waals surface area contributed by atoms with Crippen LogP contribution in [0, 0.1) is 11.8 Å². The van der Waals surface area contributed by atoms with Gasteiger partial charge in [0.15, 0.2) is 12.2 Å². The molecule has 0 radical (unpaired) electrons. The number of pyridine rings is 1. The number of oxazole rings is 1. The predicted molar refractivity (Wildman–Crippen MR) is 134 cm³/mol. The van der Waals surface area contributed by atoms with E-state index in [-0.39, 0.29) is 6.04 Å². The first-order valence-corrected chi connectivity index (χ1v) is 12.3. The molecule has 1 aliphatic rings. The maximum atomic E-state index is 5.53. The maximum absolute atomic E-state index is 5.53. The van der Waals surface area contributed by atoms with Crippen molar-refractivity contribution in [2.75, 3.05) is 12.5 Å². The number of imidazole rings is 1. The highest BCUT2D eigenvalue weighted by molar-refractivity contribution is 7.97. The molecule has 1 aliphatic heterocycles. The van der Waals surface area contributed by atoms with Gasteiger partial charge in [-0.1, -0.05) is 24.8 Å². The van der Waals surface area contributed by atoms with E-state index in [2.05, 4.69) is 50.4 Å². The van der Waals surface area contributed by atoms with Crippen LogP contribution in [0.1, 0.15) is 48.8 Å². The Hall–Kier alpha value is -3.63. The summed E-state index contributed by atoms with van der Waals surface area (Å²) in [5.41, 5.74) is 6.27. The van der Waals surface area contributed by atoms with Gasteiger partial charge in [-0.3, -0.25) is 14.5 Å². The molecular weight excluding hydrogens is 430 g/mol. The molecule has 1 aromatic carbocycles. The molecule has 0 amide bonds. The molecule has 4 heterocycles. The topological polar surface area (TPSA) is 69.1 Å². The molecule has 0 unspecified atom stereocenters. The molecule has 5 rings (SSSR count). The van der Waals surface area contributed by atoms with Crippen molar-refractivity contribution in [1.82, 2.24) is 19.5 Å². The summed E-state index contributed by atoms with van der Waals surface area (Å²) >= 11 is 1.75. The van der Waals surface area contributed by atoms with Gasteiger partial charge in [0.1, 0.15) is 12.0 Å². The lowest BCUT2D eigenvalue weighted by Gasteiger charge is -2.12. The molecule has 0 saturated carbocycles. The molecule has 3 aromatic heterocycles.